The van der Waals surface area contributed by atoms with Crippen molar-refractivity contribution in [1.29, 1.82) is 0 Å². The van der Waals surface area contributed by atoms with Crippen molar-refractivity contribution in [1.82, 2.24) is 0 Å². The highest BCUT2D eigenvalue weighted by Crippen LogP contribution is 2.39. The number of esters is 1. The van der Waals surface area contributed by atoms with Crippen LogP contribution in [0.1, 0.15) is 44.9 Å². The summed E-state index contributed by atoms with van der Waals surface area (Å²) < 4.78 is 10.8. The third kappa shape index (κ3) is 2.65. The lowest BCUT2D eigenvalue weighted by Crippen LogP contribution is -2.24. The Labute approximate surface area is 114 Å². The predicted molar refractivity (Wildman–Crippen MR) is 74.9 cm³/mol. The van der Waals surface area contributed by atoms with Gasteiger partial charge < -0.3 is 9.47 Å². The molecule has 1 aliphatic carbocycles. The lowest BCUT2D eigenvalue weighted by Gasteiger charge is -2.22. The highest BCUT2D eigenvalue weighted by molar-refractivity contribution is 5.77. The molecule has 1 unspecified atom stereocenters. The van der Waals surface area contributed by atoms with E-state index < -0.39 is 5.41 Å². The Hall–Kier alpha value is -1.77. The maximum atomic E-state index is 12.0. The van der Waals surface area contributed by atoms with Crippen LogP contribution in [0.5, 0.6) is 5.75 Å². The van der Waals surface area contributed by atoms with Gasteiger partial charge in [-0.2, -0.15) is 0 Å². The van der Waals surface area contributed by atoms with Gasteiger partial charge in [-0.1, -0.05) is 12.1 Å². The van der Waals surface area contributed by atoms with Crippen molar-refractivity contribution in [2.24, 2.45) is 5.41 Å². The fraction of sp³-hybridized carbons (Fsp3) is 0.438. The van der Waals surface area contributed by atoms with Gasteiger partial charge in [0.2, 0.25) is 0 Å². The largest absolute Gasteiger partial charge is 0.497 e. The van der Waals surface area contributed by atoms with E-state index in [0.29, 0.717) is 0 Å². The van der Waals surface area contributed by atoms with Crippen molar-refractivity contribution < 1.29 is 14.3 Å². The quantitative estimate of drug-likeness (QED) is 0.760. The van der Waals surface area contributed by atoms with Gasteiger partial charge in [-0.05, 0) is 51.0 Å². The second-order valence-electron chi connectivity index (χ2n) is 5.92. The summed E-state index contributed by atoms with van der Waals surface area (Å²) in [5.74, 6) is 0.625. The number of carbonyl (C=O) groups is 1. The summed E-state index contributed by atoms with van der Waals surface area (Å²) in [6.45, 7) is 7.56. The average molecular weight is 260 g/mol. The minimum Gasteiger partial charge on any atom is -0.497 e. The van der Waals surface area contributed by atoms with Crippen LogP contribution in [-0.2, 0) is 9.53 Å². The molecule has 0 aliphatic heterocycles. The molecule has 1 atom stereocenters. The van der Waals surface area contributed by atoms with Crippen LogP contribution < -0.4 is 4.74 Å². The minimum absolute atomic E-state index is 0.186. The van der Waals surface area contributed by atoms with Crippen molar-refractivity contribution >= 4 is 12.0 Å². The van der Waals surface area contributed by atoms with E-state index in [0.717, 1.165) is 22.4 Å². The van der Waals surface area contributed by atoms with Crippen molar-refractivity contribution in [3.63, 3.8) is 0 Å². The molecular weight excluding hydrogens is 240 g/mol. The average Bonchev–Trinajstić information content (AvgIpc) is 2.63. The zero-order valence-corrected chi connectivity index (χ0v) is 12.1. The van der Waals surface area contributed by atoms with Crippen molar-refractivity contribution in [3.8, 4) is 5.75 Å². The number of rotatable bonds is 2. The summed E-state index contributed by atoms with van der Waals surface area (Å²) in [5, 5.41) is 0. The standard InChI is InChI=1S/C16H20O3/c1-10-8-11-9-12(18-5)6-7-13(11)14(10)19-15(17)16(2,3)4/h6-9,14H,1-5H3. The molecule has 0 N–H and O–H groups in total. The molecule has 1 aliphatic rings. The maximum Gasteiger partial charge on any atom is 0.312 e. The van der Waals surface area contributed by atoms with E-state index in [9.17, 15) is 4.79 Å². The van der Waals surface area contributed by atoms with E-state index >= 15 is 0 Å². The van der Waals surface area contributed by atoms with Gasteiger partial charge in [0.05, 0.1) is 12.5 Å². The second-order valence-corrected chi connectivity index (χ2v) is 5.92. The minimum atomic E-state index is -0.491. The number of hydrogen-bond acceptors (Lipinski definition) is 3. The molecule has 1 aromatic carbocycles. The first kappa shape index (κ1) is 13.7. The molecule has 0 radical (unpaired) electrons. The Bertz CT molecular complexity index is 535. The van der Waals surface area contributed by atoms with E-state index in [1.165, 1.54) is 0 Å². The third-order valence-corrected chi connectivity index (χ3v) is 3.21. The highest BCUT2D eigenvalue weighted by atomic mass is 16.5. The summed E-state index contributed by atoms with van der Waals surface area (Å²) in [7, 11) is 1.64. The van der Waals surface area contributed by atoms with Crippen LogP contribution in [0.2, 0.25) is 0 Å². The maximum absolute atomic E-state index is 12.0. The van der Waals surface area contributed by atoms with E-state index in [4.69, 9.17) is 9.47 Å². The van der Waals surface area contributed by atoms with Gasteiger partial charge in [0, 0.05) is 5.56 Å². The second kappa shape index (κ2) is 4.72. The van der Waals surface area contributed by atoms with Crippen LogP contribution in [0.3, 0.4) is 0 Å². The van der Waals surface area contributed by atoms with Crippen LogP contribution >= 0.6 is 0 Å². The van der Waals surface area contributed by atoms with Crippen LogP contribution in [-0.4, -0.2) is 13.1 Å². The van der Waals surface area contributed by atoms with Crippen molar-refractivity contribution in [2.75, 3.05) is 7.11 Å². The van der Waals surface area contributed by atoms with Gasteiger partial charge in [0.1, 0.15) is 11.9 Å². The van der Waals surface area contributed by atoms with Gasteiger partial charge in [-0.25, -0.2) is 0 Å². The van der Waals surface area contributed by atoms with Crippen LogP contribution in [0.15, 0.2) is 23.8 Å². The monoisotopic (exact) mass is 260 g/mol. The Balaban J connectivity index is 2.27. The SMILES string of the molecule is COc1ccc2c(c1)C=C(C)C2OC(=O)C(C)(C)C. The van der Waals surface area contributed by atoms with E-state index in [2.05, 4.69) is 0 Å². The van der Waals surface area contributed by atoms with Crippen LogP contribution in [0, 0.1) is 5.41 Å². The lowest BCUT2D eigenvalue weighted by atomic mass is 9.97. The molecule has 0 heterocycles. The molecule has 3 heteroatoms. The van der Waals surface area contributed by atoms with E-state index in [-0.39, 0.29) is 12.1 Å². The zero-order chi connectivity index (χ0) is 14.2. The molecule has 0 fully saturated rings. The topological polar surface area (TPSA) is 35.5 Å². The van der Waals surface area contributed by atoms with Crippen LogP contribution in [0.4, 0.5) is 0 Å². The Morgan fingerprint density at radius 1 is 1.26 bits per heavy atom. The summed E-state index contributed by atoms with van der Waals surface area (Å²) >= 11 is 0. The summed E-state index contributed by atoms with van der Waals surface area (Å²) in [6, 6.07) is 5.81. The first-order chi connectivity index (χ1) is 8.82. The van der Waals surface area contributed by atoms with E-state index in [1.807, 2.05) is 52.0 Å². The number of hydrogen-bond donors (Lipinski definition) is 0. The molecule has 0 saturated heterocycles. The lowest BCUT2D eigenvalue weighted by molar-refractivity contribution is -0.157. The molecule has 102 valence electrons. The number of carbonyl (C=O) groups excluding carboxylic acids is 1. The first-order valence-corrected chi connectivity index (χ1v) is 6.40. The first-order valence-electron chi connectivity index (χ1n) is 6.40. The van der Waals surface area contributed by atoms with Crippen molar-refractivity contribution in [3.05, 3.63) is 34.9 Å². The summed E-state index contributed by atoms with van der Waals surface area (Å²) in [4.78, 5) is 12.0. The normalized spacial score (nSPS) is 17.7. The molecule has 3 nitrogen and oxygen atoms in total. The Morgan fingerprint density at radius 2 is 1.95 bits per heavy atom. The fourth-order valence-corrected chi connectivity index (χ4v) is 2.05. The van der Waals surface area contributed by atoms with Gasteiger partial charge in [0.25, 0.3) is 0 Å². The number of methoxy groups -OCH3 is 1. The Kier molecular flexibility index (Phi) is 3.40. The molecule has 0 bridgehead atoms. The molecular formula is C16H20O3. The van der Waals surface area contributed by atoms with Gasteiger partial charge >= 0.3 is 5.97 Å². The predicted octanol–water partition coefficient (Wildman–Crippen LogP) is 3.74. The van der Waals surface area contributed by atoms with E-state index in [1.54, 1.807) is 7.11 Å². The third-order valence-electron chi connectivity index (χ3n) is 3.21. The summed E-state index contributed by atoms with van der Waals surface area (Å²) in [5.41, 5.74) is 2.63. The highest BCUT2D eigenvalue weighted by Gasteiger charge is 2.31. The number of fused-ring (bicyclic) bond motifs is 1. The Morgan fingerprint density at radius 3 is 2.53 bits per heavy atom. The van der Waals surface area contributed by atoms with Gasteiger partial charge in [0.15, 0.2) is 0 Å². The number of benzene rings is 1. The molecule has 0 aromatic heterocycles. The fourth-order valence-electron chi connectivity index (χ4n) is 2.05. The molecule has 0 spiro atoms. The van der Waals surface area contributed by atoms with Crippen LogP contribution in [0.25, 0.3) is 6.08 Å². The summed E-state index contributed by atoms with van der Waals surface area (Å²) in [6.07, 6.45) is 1.77. The molecule has 2 rings (SSSR count). The van der Waals surface area contributed by atoms with Crippen molar-refractivity contribution in [2.45, 2.75) is 33.8 Å². The molecule has 0 amide bonds. The molecule has 1 aromatic rings. The zero-order valence-electron chi connectivity index (χ0n) is 12.1. The van der Waals surface area contributed by atoms with Gasteiger partial charge in [-0.3, -0.25) is 4.79 Å². The van der Waals surface area contributed by atoms with Gasteiger partial charge in [-0.15, -0.1) is 0 Å². The number of ether oxygens (including phenoxy) is 2. The smallest absolute Gasteiger partial charge is 0.312 e. The molecule has 0 saturated carbocycles. The molecule has 19 heavy (non-hydrogen) atoms.